The van der Waals surface area contributed by atoms with Gasteiger partial charge in [-0.15, -0.1) is 0 Å². The fourth-order valence-electron chi connectivity index (χ4n) is 3.47. The van der Waals surface area contributed by atoms with E-state index in [9.17, 15) is 4.79 Å². The number of nitrogens with zero attached hydrogens (tertiary/aromatic N) is 2. The first-order valence-corrected chi connectivity index (χ1v) is 10.3. The highest BCUT2D eigenvalue weighted by Crippen LogP contribution is 2.31. The molecule has 1 aromatic heterocycles. The molecular formula is C25H24N2O4. The quantitative estimate of drug-likeness (QED) is 0.342. The van der Waals surface area contributed by atoms with Crippen LogP contribution < -0.4 is 9.47 Å². The number of hydrogen-bond donors (Lipinski definition) is 0. The lowest BCUT2D eigenvalue weighted by molar-refractivity contribution is 0.0847. The van der Waals surface area contributed by atoms with Crippen LogP contribution in [0.25, 0.3) is 11.0 Å². The molecule has 1 atom stereocenters. The minimum Gasteiger partial charge on any atom is -0.494 e. The van der Waals surface area contributed by atoms with Gasteiger partial charge in [0.15, 0.2) is 0 Å². The lowest BCUT2D eigenvalue weighted by Crippen LogP contribution is -2.13. The average Bonchev–Trinajstić information content (AvgIpc) is 3.16. The largest absolute Gasteiger partial charge is 0.494 e. The van der Waals surface area contributed by atoms with Gasteiger partial charge in [0.25, 0.3) is 0 Å². The van der Waals surface area contributed by atoms with E-state index < -0.39 is 6.10 Å². The molecule has 1 heterocycles. The van der Waals surface area contributed by atoms with Crippen LogP contribution in [0, 0.1) is 0 Å². The van der Waals surface area contributed by atoms with Gasteiger partial charge >= 0.3 is 0 Å². The van der Waals surface area contributed by atoms with Crippen molar-refractivity contribution in [2.75, 3.05) is 13.2 Å². The summed E-state index contributed by atoms with van der Waals surface area (Å²) >= 11 is 0. The van der Waals surface area contributed by atoms with Crippen LogP contribution in [-0.4, -0.2) is 29.2 Å². The third kappa shape index (κ3) is 4.44. The number of benzene rings is 3. The Labute approximate surface area is 181 Å². The first-order valence-electron chi connectivity index (χ1n) is 10.3. The third-order valence-corrected chi connectivity index (χ3v) is 4.83. The molecule has 0 bridgehead atoms. The van der Waals surface area contributed by atoms with Crippen molar-refractivity contribution in [2.45, 2.75) is 20.0 Å². The smallest absolute Gasteiger partial charge is 0.219 e. The summed E-state index contributed by atoms with van der Waals surface area (Å²) in [5.74, 6) is 2.73. The van der Waals surface area contributed by atoms with E-state index in [0.29, 0.717) is 35.8 Å². The normalized spacial score (nSPS) is 11.9. The average molecular weight is 416 g/mol. The Bertz CT molecular complexity index is 1150. The Morgan fingerprint density at radius 1 is 0.903 bits per heavy atom. The Morgan fingerprint density at radius 3 is 2.29 bits per heavy atom. The van der Waals surface area contributed by atoms with Gasteiger partial charge in [0, 0.05) is 12.7 Å². The minimum absolute atomic E-state index is 0.471. The van der Waals surface area contributed by atoms with Crippen LogP contribution in [0.1, 0.15) is 31.3 Å². The zero-order valence-corrected chi connectivity index (χ0v) is 17.5. The number of carbonyl (C=O) groups excluding carboxylic acids is 1. The standard InChI is InChI=1S/C25H24N2O4/c1-3-29-21-14-15-23-22(16-21)26-25(27(23)17-28)24(30-4-2)18-10-12-20(13-11-18)31-19-8-6-5-7-9-19/h5-17,24H,3-4H2,1-2H3. The van der Waals surface area contributed by atoms with Gasteiger partial charge in [-0.25, -0.2) is 4.98 Å². The highest BCUT2D eigenvalue weighted by molar-refractivity contribution is 5.84. The maximum Gasteiger partial charge on any atom is 0.219 e. The molecule has 0 aliphatic carbocycles. The molecule has 0 N–H and O–H groups in total. The number of imidazole rings is 1. The van der Waals surface area contributed by atoms with Gasteiger partial charge in [0.05, 0.1) is 17.6 Å². The van der Waals surface area contributed by atoms with Crippen LogP contribution in [0.4, 0.5) is 0 Å². The maximum atomic E-state index is 11.9. The van der Waals surface area contributed by atoms with Gasteiger partial charge in [0.1, 0.15) is 29.2 Å². The van der Waals surface area contributed by atoms with Crippen LogP contribution in [0.5, 0.6) is 17.2 Å². The molecule has 158 valence electrons. The monoisotopic (exact) mass is 416 g/mol. The Morgan fingerprint density at radius 2 is 1.61 bits per heavy atom. The number of rotatable bonds is 9. The molecule has 3 aromatic carbocycles. The van der Waals surface area contributed by atoms with E-state index in [4.69, 9.17) is 19.2 Å². The number of para-hydroxylation sites is 1. The van der Waals surface area contributed by atoms with E-state index in [1.807, 2.05) is 86.6 Å². The first-order chi connectivity index (χ1) is 15.2. The summed E-state index contributed by atoms with van der Waals surface area (Å²) in [6, 6.07) is 22.7. The molecule has 0 radical (unpaired) electrons. The molecule has 31 heavy (non-hydrogen) atoms. The van der Waals surface area contributed by atoms with E-state index >= 15 is 0 Å². The molecule has 6 heteroatoms. The van der Waals surface area contributed by atoms with Crippen molar-refractivity contribution >= 4 is 17.4 Å². The molecule has 6 nitrogen and oxygen atoms in total. The van der Waals surface area contributed by atoms with Gasteiger partial charge in [-0.1, -0.05) is 30.3 Å². The van der Waals surface area contributed by atoms with Gasteiger partial charge in [-0.2, -0.15) is 0 Å². The second-order valence-corrected chi connectivity index (χ2v) is 6.85. The predicted molar refractivity (Wildman–Crippen MR) is 119 cm³/mol. The molecule has 4 aromatic rings. The topological polar surface area (TPSA) is 62.6 Å². The van der Waals surface area contributed by atoms with Gasteiger partial charge in [0.2, 0.25) is 6.41 Å². The van der Waals surface area contributed by atoms with Crippen molar-refractivity contribution in [3.05, 3.63) is 84.2 Å². The summed E-state index contributed by atoms with van der Waals surface area (Å²) in [5.41, 5.74) is 2.27. The van der Waals surface area contributed by atoms with Crippen LogP contribution in [0.3, 0.4) is 0 Å². The second kappa shape index (κ2) is 9.45. The fraction of sp³-hybridized carbons (Fsp3) is 0.200. The second-order valence-electron chi connectivity index (χ2n) is 6.85. The number of aromatic nitrogens is 2. The van der Waals surface area contributed by atoms with E-state index in [1.165, 1.54) is 4.57 Å². The Kier molecular flexibility index (Phi) is 6.29. The number of hydrogen-bond acceptors (Lipinski definition) is 5. The van der Waals surface area contributed by atoms with Gasteiger partial charge in [-0.05, 0) is 55.8 Å². The van der Waals surface area contributed by atoms with Gasteiger partial charge < -0.3 is 14.2 Å². The Balaban J connectivity index is 1.68. The van der Waals surface area contributed by atoms with E-state index in [1.54, 1.807) is 0 Å². The van der Waals surface area contributed by atoms with Crippen LogP contribution in [0.2, 0.25) is 0 Å². The van der Waals surface area contributed by atoms with Crippen molar-refractivity contribution in [1.29, 1.82) is 0 Å². The summed E-state index contributed by atoms with van der Waals surface area (Å²) < 4.78 is 19.0. The number of carbonyl (C=O) groups is 1. The lowest BCUT2D eigenvalue weighted by atomic mass is 10.1. The third-order valence-electron chi connectivity index (χ3n) is 4.83. The molecule has 0 saturated carbocycles. The predicted octanol–water partition coefficient (Wildman–Crippen LogP) is 5.39. The van der Waals surface area contributed by atoms with Crippen LogP contribution in [0.15, 0.2) is 72.8 Å². The van der Waals surface area contributed by atoms with E-state index in [0.717, 1.165) is 23.5 Å². The van der Waals surface area contributed by atoms with Crippen molar-refractivity contribution < 1.29 is 19.0 Å². The maximum absolute atomic E-state index is 11.9. The summed E-state index contributed by atoms with van der Waals surface area (Å²) in [7, 11) is 0. The highest BCUT2D eigenvalue weighted by Gasteiger charge is 2.23. The lowest BCUT2D eigenvalue weighted by Gasteiger charge is -2.17. The van der Waals surface area contributed by atoms with Crippen LogP contribution in [-0.2, 0) is 9.53 Å². The summed E-state index contributed by atoms with van der Waals surface area (Å²) in [6.45, 7) is 4.88. The zero-order valence-electron chi connectivity index (χ0n) is 17.5. The minimum atomic E-state index is -0.496. The molecule has 1 unspecified atom stereocenters. The number of fused-ring (bicyclic) bond motifs is 1. The first kappa shape index (κ1) is 20.6. The molecule has 0 amide bonds. The molecule has 4 rings (SSSR count). The zero-order chi connectivity index (χ0) is 21.6. The van der Waals surface area contributed by atoms with Crippen LogP contribution >= 0.6 is 0 Å². The SMILES string of the molecule is CCOc1ccc2c(c1)nc(C(OCC)c1ccc(Oc3ccccc3)cc1)n2C=O. The molecule has 0 fully saturated rings. The van der Waals surface area contributed by atoms with E-state index in [-0.39, 0.29) is 0 Å². The fourth-order valence-corrected chi connectivity index (χ4v) is 3.47. The summed E-state index contributed by atoms with van der Waals surface area (Å²) in [6.07, 6.45) is 0.271. The Hall–Kier alpha value is -3.64. The molecule has 0 saturated heterocycles. The van der Waals surface area contributed by atoms with E-state index in [2.05, 4.69) is 0 Å². The van der Waals surface area contributed by atoms with Crippen molar-refractivity contribution in [1.82, 2.24) is 9.55 Å². The molecule has 0 aliphatic heterocycles. The summed E-state index contributed by atoms with van der Waals surface area (Å²) in [5, 5.41) is 0. The van der Waals surface area contributed by atoms with Crippen molar-refractivity contribution in [3.63, 3.8) is 0 Å². The van der Waals surface area contributed by atoms with Crippen molar-refractivity contribution in [2.24, 2.45) is 0 Å². The summed E-state index contributed by atoms with van der Waals surface area (Å²) in [4.78, 5) is 16.6. The molecular weight excluding hydrogens is 392 g/mol. The highest BCUT2D eigenvalue weighted by atomic mass is 16.5. The van der Waals surface area contributed by atoms with Crippen molar-refractivity contribution in [3.8, 4) is 17.2 Å². The molecule has 0 aliphatic rings. The number of ether oxygens (including phenoxy) is 3. The molecule has 0 spiro atoms. The van der Waals surface area contributed by atoms with Gasteiger partial charge in [-0.3, -0.25) is 9.36 Å².